The first-order valence-corrected chi connectivity index (χ1v) is 8.72. The first kappa shape index (κ1) is 15.0. The maximum atomic E-state index is 6.12. The van der Waals surface area contributed by atoms with Crippen LogP contribution in [0.2, 0.25) is 0 Å². The molecule has 1 aromatic rings. The Bertz CT molecular complexity index is 437. The van der Waals surface area contributed by atoms with Gasteiger partial charge < -0.3 is 10.3 Å². The number of nitrogens with zero attached hydrogens (tertiary/aromatic N) is 3. The number of imidazole rings is 1. The van der Waals surface area contributed by atoms with Crippen molar-refractivity contribution < 1.29 is 0 Å². The largest absolute Gasteiger partial charge is 0.333 e. The molecule has 1 unspecified atom stereocenters. The molecule has 0 bridgehead atoms. The molecule has 0 aromatic carbocycles. The summed E-state index contributed by atoms with van der Waals surface area (Å²) in [5.74, 6) is 0. The van der Waals surface area contributed by atoms with E-state index < -0.39 is 0 Å². The molecule has 21 heavy (non-hydrogen) atoms. The zero-order chi connectivity index (χ0) is 14.7. The van der Waals surface area contributed by atoms with Crippen molar-refractivity contribution in [3.63, 3.8) is 0 Å². The smallest absolute Gasteiger partial charge is 0.0948 e. The van der Waals surface area contributed by atoms with E-state index in [9.17, 15) is 0 Å². The van der Waals surface area contributed by atoms with Gasteiger partial charge in [0.05, 0.1) is 18.1 Å². The molecular weight excluding hydrogens is 260 g/mol. The molecule has 3 rings (SSSR count). The van der Waals surface area contributed by atoms with Gasteiger partial charge in [0, 0.05) is 19.3 Å². The molecule has 4 heteroatoms. The fraction of sp³-hybridized carbons (Fsp3) is 0.824. The van der Waals surface area contributed by atoms with E-state index in [1.54, 1.807) is 0 Å². The fourth-order valence-corrected chi connectivity index (χ4v) is 4.43. The normalized spacial score (nSPS) is 23.7. The van der Waals surface area contributed by atoms with Crippen molar-refractivity contribution in [2.75, 3.05) is 19.6 Å². The Labute approximate surface area is 128 Å². The number of rotatable bonds is 5. The third-order valence-electron chi connectivity index (χ3n) is 5.74. The quantitative estimate of drug-likeness (QED) is 0.907. The lowest BCUT2D eigenvalue weighted by Gasteiger charge is -2.42. The minimum Gasteiger partial charge on any atom is -0.333 e. The number of aryl methyl sites for hydroxylation is 1. The van der Waals surface area contributed by atoms with E-state index in [4.69, 9.17) is 5.73 Å². The molecule has 118 valence electrons. The fourth-order valence-electron chi connectivity index (χ4n) is 4.43. The molecule has 2 heterocycles. The summed E-state index contributed by atoms with van der Waals surface area (Å²) >= 11 is 0. The van der Waals surface area contributed by atoms with Crippen molar-refractivity contribution >= 4 is 0 Å². The third kappa shape index (κ3) is 3.02. The van der Waals surface area contributed by atoms with Gasteiger partial charge in [-0.15, -0.1) is 0 Å². The molecule has 0 amide bonds. The van der Waals surface area contributed by atoms with Gasteiger partial charge in [-0.1, -0.05) is 19.8 Å². The van der Waals surface area contributed by atoms with Crippen molar-refractivity contribution in [1.82, 2.24) is 14.5 Å². The highest BCUT2D eigenvalue weighted by Gasteiger charge is 2.38. The van der Waals surface area contributed by atoms with Gasteiger partial charge in [0.2, 0.25) is 0 Å². The summed E-state index contributed by atoms with van der Waals surface area (Å²) in [4.78, 5) is 6.96. The topological polar surface area (TPSA) is 47.1 Å². The zero-order valence-corrected chi connectivity index (χ0v) is 13.4. The summed E-state index contributed by atoms with van der Waals surface area (Å²) in [6.45, 7) is 6.37. The Morgan fingerprint density at radius 1 is 1.24 bits per heavy atom. The second kappa shape index (κ2) is 6.49. The highest BCUT2D eigenvalue weighted by atomic mass is 15.2. The van der Waals surface area contributed by atoms with Crippen LogP contribution >= 0.6 is 0 Å². The zero-order valence-electron chi connectivity index (χ0n) is 13.4. The monoisotopic (exact) mass is 290 g/mol. The standard InChI is InChI=1S/C17H30N4/c1-2-9-21-14-19-13-16(21)15(12-18)20-10-7-17(8-11-20)5-3-4-6-17/h13-15H,2-12,18H2,1H3. The first-order valence-electron chi connectivity index (χ1n) is 8.72. The Kier molecular flexibility index (Phi) is 4.65. The maximum Gasteiger partial charge on any atom is 0.0948 e. The molecule has 4 nitrogen and oxygen atoms in total. The average Bonchev–Trinajstić information content (AvgIpc) is 3.13. The predicted molar refractivity (Wildman–Crippen MR) is 86.0 cm³/mol. The molecule has 1 saturated carbocycles. The van der Waals surface area contributed by atoms with Crippen molar-refractivity contribution in [1.29, 1.82) is 0 Å². The van der Waals surface area contributed by atoms with Gasteiger partial charge in [-0.25, -0.2) is 4.98 Å². The minimum absolute atomic E-state index is 0.345. The van der Waals surface area contributed by atoms with E-state index in [0.29, 0.717) is 18.0 Å². The highest BCUT2D eigenvalue weighted by molar-refractivity contribution is 5.08. The molecule has 1 aromatic heterocycles. The molecule has 1 saturated heterocycles. The van der Waals surface area contributed by atoms with E-state index in [2.05, 4.69) is 21.4 Å². The number of likely N-dealkylation sites (tertiary alicyclic amines) is 1. The van der Waals surface area contributed by atoms with E-state index in [-0.39, 0.29) is 0 Å². The SMILES string of the molecule is CCCn1cncc1C(CN)N1CCC2(CCCC2)CC1. The summed E-state index contributed by atoms with van der Waals surface area (Å²) in [6.07, 6.45) is 13.7. The lowest BCUT2D eigenvalue weighted by molar-refractivity contribution is 0.0753. The Morgan fingerprint density at radius 2 is 1.95 bits per heavy atom. The van der Waals surface area contributed by atoms with E-state index in [1.807, 2.05) is 12.5 Å². The van der Waals surface area contributed by atoms with E-state index in [1.165, 1.54) is 57.3 Å². The van der Waals surface area contributed by atoms with E-state index >= 15 is 0 Å². The van der Waals surface area contributed by atoms with Crippen molar-refractivity contribution in [3.05, 3.63) is 18.2 Å². The van der Waals surface area contributed by atoms with Crippen molar-refractivity contribution in [3.8, 4) is 0 Å². The van der Waals surface area contributed by atoms with Crippen LogP contribution in [0.5, 0.6) is 0 Å². The predicted octanol–water partition coefficient (Wildman–Crippen LogP) is 2.95. The molecular formula is C17H30N4. The summed E-state index contributed by atoms with van der Waals surface area (Å²) in [5, 5.41) is 0. The van der Waals surface area contributed by atoms with Gasteiger partial charge in [0.25, 0.3) is 0 Å². The molecule has 1 aliphatic carbocycles. The number of piperidine rings is 1. The van der Waals surface area contributed by atoms with Gasteiger partial charge in [-0.05, 0) is 50.6 Å². The van der Waals surface area contributed by atoms with Crippen LogP contribution in [0, 0.1) is 5.41 Å². The second-order valence-corrected chi connectivity index (χ2v) is 7.01. The minimum atomic E-state index is 0.345. The van der Waals surface area contributed by atoms with Crippen LogP contribution in [-0.2, 0) is 6.54 Å². The van der Waals surface area contributed by atoms with Gasteiger partial charge >= 0.3 is 0 Å². The number of hydrogen-bond donors (Lipinski definition) is 1. The van der Waals surface area contributed by atoms with Crippen LogP contribution in [0.1, 0.15) is 63.6 Å². The number of aromatic nitrogens is 2. The molecule has 2 N–H and O–H groups in total. The van der Waals surface area contributed by atoms with Gasteiger partial charge in [0.15, 0.2) is 0 Å². The first-order chi connectivity index (χ1) is 10.3. The van der Waals surface area contributed by atoms with Crippen molar-refractivity contribution in [2.24, 2.45) is 11.1 Å². The van der Waals surface area contributed by atoms with Crippen molar-refractivity contribution in [2.45, 2.75) is 64.5 Å². The highest BCUT2D eigenvalue weighted by Crippen LogP contribution is 2.47. The number of nitrogens with two attached hydrogens (primary N) is 1. The summed E-state index contributed by atoms with van der Waals surface area (Å²) in [5.41, 5.74) is 8.11. The molecule has 1 spiro atoms. The van der Waals surface area contributed by atoms with E-state index in [0.717, 1.165) is 13.0 Å². The average molecular weight is 290 g/mol. The maximum absolute atomic E-state index is 6.12. The Morgan fingerprint density at radius 3 is 2.57 bits per heavy atom. The van der Waals surface area contributed by atoms with Gasteiger partial charge in [-0.3, -0.25) is 4.90 Å². The summed E-state index contributed by atoms with van der Waals surface area (Å²) < 4.78 is 2.29. The van der Waals surface area contributed by atoms with Gasteiger partial charge in [-0.2, -0.15) is 0 Å². The summed E-state index contributed by atoms with van der Waals surface area (Å²) in [7, 11) is 0. The lowest BCUT2D eigenvalue weighted by atomic mass is 9.76. The number of hydrogen-bond acceptors (Lipinski definition) is 3. The van der Waals surface area contributed by atoms with Crippen LogP contribution < -0.4 is 5.73 Å². The molecule has 1 aliphatic heterocycles. The third-order valence-corrected chi connectivity index (χ3v) is 5.74. The lowest BCUT2D eigenvalue weighted by Crippen LogP contribution is -2.43. The molecule has 2 fully saturated rings. The molecule has 2 aliphatic rings. The van der Waals surface area contributed by atoms with Crippen LogP contribution in [-0.4, -0.2) is 34.1 Å². The summed E-state index contributed by atoms with van der Waals surface area (Å²) in [6, 6.07) is 0.345. The second-order valence-electron chi connectivity index (χ2n) is 7.01. The van der Waals surface area contributed by atoms with Crippen LogP contribution in [0.15, 0.2) is 12.5 Å². The Balaban J connectivity index is 1.68. The molecule has 0 radical (unpaired) electrons. The van der Waals surface area contributed by atoms with Crippen LogP contribution in [0.25, 0.3) is 0 Å². The Hall–Kier alpha value is -0.870. The molecule has 1 atom stereocenters. The van der Waals surface area contributed by atoms with Crippen LogP contribution in [0.3, 0.4) is 0 Å². The van der Waals surface area contributed by atoms with Crippen LogP contribution in [0.4, 0.5) is 0 Å². The van der Waals surface area contributed by atoms with Gasteiger partial charge in [0.1, 0.15) is 0 Å².